The molecular formula is C13H16F3NO2. The van der Waals surface area contributed by atoms with Crippen LogP contribution in [0.5, 0.6) is 5.75 Å². The minimum atomic E-state index is -4.29. The Morgan fingerprint density at radius 2 is 2.05 bits per heavy atom. The van der Waals surface area contributed by atoms with E-state index in [0.717, 1.165) is 24.2 Å². The van der Waals surface area contributed by atoms with Gasteiger partial charge in [0.2, 0.25) is 0 Å². The topological polar surface area (TPSA) is 30.5 Å². The van der Waals surface area contributed by atoms with E-state index in [9.17, 15) is 13.2 Å². The zero-order valence-electron chi connectivity index (χ0n) is 10.5. The van der Waals surface area contributed by atoms with E-state index in [-0.39, 0.29) is 6.04 Å². The summed E-state index contributed by atoms with van der Waals surface area (Å²) in [4.78, 5) is 4.43. The van der Waals surface area contributed by atoms with Crippen molar-refractivity contribution in [1.82, 2.24) is 5.48 Å². The highest BCUT2D eigenvalue weighted by Crippen LogP contribution is 2.38. The van der Waals surface area contributed by atoms with Gasteiger partial charge in [0, 0.05) is 6.04 Å². The second kappa shape index (κ2) is 5.79. The van der Waals surface area contributed by atoms with Crippen LogP contribution in [0.25, 0.3) is 0 Å². The van der Waals surface area contributed by atoms with Crippen LogP contribution in [0.2, 0.25) is 0 Å². The fraction of sp³-hybridized carbons (Fsp3) is 0.538. The maximum Gasteiger partial charge on any atom is 0.413 e. The van der Waals surface area contributed by atoms with Gasteiger partial charge in [-0.05, 0) is 36.5 Å². The Kier molecular flexibility index (Phi) is 4.31. The Labute approximate surface area is 109 Å². The fourth-order valence-corrected chi connectivity index (χ4v) is 2.12. The van der Waals surface area contributed by atoms with Gasteiger partial charge in [-0.1, -0.05) is 12.1 Å². The van der Waals surface area contributed by atoms with Crippen LogP contribution in [0.1, 0.15) is 24.3 Å². The highest BCUT2D eigenvalue weighted by Gasteiger charge is 2.33. The summed E-state index contributed by atoms with van der Waals surface area (Å²) in [5.74, 6) is 1.14. The van der Waals surface area contributed by atoms with E-state index in [1.807, 2.05) is 24.3 Å². The van der Waals surface area contributed by atoms with E-state index in [0.29, 0.717) is 5.92 Å². The molecule has 2 rings (SSSR count). The first-order valence-electron chi connectivity index (χ1n) is 6.06. The lowest BCUT2D eigenvalue weighted by Gasteiger charge is -2.35. The zero-order chi connectivity index (χ0) is 13.9. The Morgan fingerprint density at radius 1 is 1.32 bits per heavy atom. The Hall–Kier alpha value is -1.27. The molecule has 1 fully saturated rings. The average Bonchev–Trinajstić information content (AvgIpc) is 2.31. The molecule has 106 valence electrons. The van der Waals surface area contributed by atoms with Crippen molar-refractivity contribution >= 4 is 0 Å². The predicted molar refractivity (Wildman–Crippen MR) is 63.9 cm³/mol. The molecule has 1 N–H and O–H groups in total. The molecule has 1 aliphatic carbocycles. The summed E-state index contributed by atoms with van der Waals surface area (Å²) in [6.07, 6.45) is -2.75. The third-order valence-corrected chi connectivity index (χ3v) is 3.19. The standard InChI is InChI=1S/C13H16F3NO2/c1-18-12-4-2-3-9(7-12)10-5-11(6-10)17-19-8-13(14,15)16/h2-4,7,10-11,17H,5-6,8H2,1H3. The average molecular weight is 275 g/mol. The maximum absolute atomic E-state index is 11.9. The van der Waals surface area contributed by atoms with Crippen LogP contribution in [0.15, 0.2) is 24.3 Å². The summed E-state index contributed by atoms with van der Waals surface area (Å²) in [5.41, 5.74) is 3.60. The van der Waals surface area contributed by atoms with Crippen LogP contribution < -0.4 is 10.2 Å². The first kappa shape index (κ1) is 14.1. The van der Waals surface area contributed by atoms with Gasteiger partial charge >= 0.3 is 6.18 Å². The second-order valence-electron chi connectivity index (χ2n) is 4.66. The van der Waals surface area contributed by atoms with Crippen LogP contribution in [-0.4, -0.2) is 25.9 Å². The van der Waals surface area contributed by atoms with Gasteiger partial charge in [-0.15, -0.1) is 0 Å². The Morgan fingerprint density at radius 3 is 2.68 bits per heavy atom. The number of halogens is 3. The van der Waals surface area contributed by atoms with E-state index < -0.39 is 12.8 Å². The number of hydrogen-bond acceptors (Lipinski definition) is 3. The SMILES string of the molecule is COc1cccc(C2CC(NOCC(F)(F)F)C2)c1. The van der Waals surface area contributed by atoms with Gasteiger partial charge in [0.25, 0.3) is 0 Å². The van der Waals surface area contributed by atoms with Crippen molar-refractivity contribution in [2.75, 3.05) is 13.7 Å². The van der Waals surface area contributed by atoms with E-state index in [1.165, 1.54) is 0 Å². The molecule has 3 nitrogen and oxygen atoms in total. The fourth-order valence-electron chi connectivity index (χ4n) is 2.12. The number of hydroxylamine groups is 1. The Bertz CT molecular complexity index is 417. The number of alkyl halides is 3. The number of hydrogen-bond donors (Lipinski definition) is 1. The lowest BCUT2D eigenvalue weighted by molar-refractivity contribution is -0.195. The normalized spacial score (nSPS) is 22.9. The zero-order valence-corrected chi connectivity index (χ0v) is 10.5. The second-order valence-corrected chi connectivity index (χ2v) is 4.66. The first-order chi connectivity index (χ1) is 8.98. The van der Waals surface area contributed by atoms with Crippen molar-refractivity contribution in [3.8, 4) is 5.75 Å². The molecule has 0 heterocycles. The maximum atomic E-state index is 11.9. The van der Waals surface area contributed by atoms with E-state index in [4.69, 9.17) is 4.74 Å². The minimum absolute atomic E-state index is 0.0152. The van der Waals surface area contributed by atoms with E-state index >= 15 is 0 Å². The number of benzene rings is 1. The van der Waals surface area contributed by atoms with Gasteiger partial charge in [-0.3, -0.25) is 4.84 Å². The summed E-state index contributed by atoms with van der Waals surface area (Å²) >= 11 is 0. The quantitative estimate of drug-likeness (QED) is 0.838. The number of nitrogens with one attached hydrogen (secondary N) is 1. The van der Waals surface area contributed by atoms with Gasteiger partial charge in [0.15, 0.2) is 6.61 Å². The van der Waals surface area contributed by atoms with Gasteiger partial charge in [0.1, 0.15) is 5.75 Å². The molecule has 0 unspecified atom stereocenters. The van der Waals surface area contributed by atoms with Crippen LogP contribution >= 0.6 is 0 Å². The van der Waals surface area contributed by atoms with Gasteiger partial charge < -0.3 is 4.74 Å². The number of rotatable bonds is 5. The summed E-state index contributed by atoms with van der Waals surface area (Å²) < 4.78 is 40.8. The largest absolute Gasteiger partial charge is 0.497 e. The summed E-state index contributed by atoms with van der Waals surface area (Å²) in [6.45, 7) is -1.26. The molecule has 0 saturated heterocycles. The lowest BCUT2D eigenvalue weighted by atomic mass is 9.76. The lowest BCUT2D eigenvalue weighted by Crippen LogP contribution is -2.41. The predicted octanol–water partition coefficient (Wildman–Crippen LogP) is 3.02. The van der Waals surface area contributed by atoms with Gasteiger partial charge in [-0.2, -0.15) is 18.7 Å². The van der Waals surface area contributed by atoms with Crippen molar-refractivity contribution in [1.29, 1.82) is 0 Å². The molecule has 6 heteroatoms. The summed E-state index contributed by atoms with van der Waals surface area (Å²) in [7, 11) is 1.61. The molecule has 0 bridgehead atoms. The van der Waals surface area contributed by atoms with Crippen LogP contribution in [-0.2, 0) is 4.84 Å². The number of ether oxygens (including phenoxy) is 1. The summed E-state index contributed by atoms with van der Waals surface area (Å²) in [6, 6.07) is 7.72. The van der Waals surface area contributed by atoms with Gasteiger partial charge in [-0.25, -0.2) is 0 Å². The third-order valence-electron chi connectivity index (χ3n) is 3.19. The van der Waals surface area contributed by atoms with Crippen molar-refractivity contribution in [2.24, 2.45) is 0 Å². The molecule has 1 saturated carbocycles. The molecule has 1 aromatic carbocycles. The number of methoxy groups -OCH3 is 1. The Balaban J connectivity index is 1.73. The molecular weight excluding hydrogens is 259 g/mol. The first-order valence-corrected chi connectivity index (χ1v) is 6.06. The minimum Gasteiger partial charge on any atom is -0.497 e. The molecule has 0 aromatic heterocycles. The highest BCUT2D eigenvalue weighted by atomic mass is 19.4. The molecule has 0 atom stereocenters. The monoisotopic (exact) mass is 275 g/mol. The molecule has 19 heavy (non-hydrogen) atoms. The molecule has 0 aliphatic heterocycles. The molecule has 0 amide bonds. The van der Waals surface area contributed by atoms with Crippen molar-refractivity contribution in [2.45, 2.75) is 31.0 Å². The van der Waals surface area contributed by atoms with Crippen LogP contribution in [0.3, 0.4) is 0 Å². The van der Waals surface area contributed by atoms with Crippen molar-refractivity contribution in [3.05, 3.63) is 29.8 Å². The van der Waals surface area contributed by atoms with E-state index in [1.54, 1.807) is 7.11 Å². The summed E-state index contributed by atoms with van der Waals surface area (Å²) in [5, 5.41) is 0. The van der Waals surface area contributed by atoms with Crippen LogP contribution in [0.4, 0.5) is 13.2 Å². The van der Waals surface area contributed by atoms with E-state index in [2.05, 4.69) is 10.3 Å². The van der Waals surface area contributed by atoms with Crippen molar-refractivity contribution < 1.29 is 22.7 Å². The molecule has 1 aliphatic rings. The third kappa shape index (κ3) is 4.11. The highest BCUT2D eigenvalue weighted by molar-refractivity contribution is 5.32. The molecule has 1 aromatic rings. The van der Waals surface area contributed by atoms with Crippen molar-refractivity contribution in [3.63, 3.8) is 0 Å². The molecule has 0 spiro atoms. The molecule has 0 radical (unpaired) electrons. The van der Waals surface area contributed by atoms with Gasteiger partial charge in [0.05, 0.1) is 7.11 Å². The van der Waals surface area contributed by atoms with Crippen LogP contribution in [0, 0.1) is 0 Å². The smallest absolute Gasteiger partial charge is 0.413 e.